The third-order valence-corrected chi connectivity index (χ3v) is 13.4. The van der Waals surface area contributed by atoms with Crippen LogP contribution in [0.15, 0.2) is 24.3 Å². The molecule has 0 aromatic heterocycles. The van der Waals surface area contributed by atoms with E-state index in [2.05, 4.69) is 68.8 Å². The molecule has 4 heteroatoms. The maximum atomic E-state index is 14.4. The van der Waals surface area contributed by atoms with Gasteiger partial charge in [0.2, 0.25) is 5.91 Å². The number of hydrogen-bond acceptors (Lipinski definition) is 2. The standard InChI is InChI=1S/C40H64N2O2/c1-6-8-10-12-14-16-30-17-19-31(20-18-30)38(44)42(29-15-13-11-9-7-2)36-24-22-33-32-21-23-35-39(3,28-26-37(43)41(35)5)34(32)25-27-40(33,36)4/h17-20,32-36H,6-16,21-29H2,1-5H3/t32-,33-,34-,35+,36-,39+,40-/m0/s1. The van der Waals surface area contributed by atoms with Crippen LogP contribution in [0.2, 0.25) is 0 Å². The molecule has 4 aliphatic rings. The Bertz CT molecular complexity index is 1100. The number of likely N-dealkylation sites (tertiary alicyclic amines) is 1. The van der Waals surface area contributed by atoms with Gasteiger partial charge in [-0.1, -0.05) is 91.2 Å². The molecule has 1 aliphatic heterocycles. The summed E-state index contributed by atoms with van der Waals surface area (Å²) in [7, 11) is 2.06. The van der Waals surface area contributed by atoms with Crippen molar-refractivity contribution >= 4 is 11.8 Å². The fraction of sp³-hybridized carbons (Fsp3) is 0.800. The molecule has 4 fully saturated rings. The molecule has 4 nitrogen and oxygen atoms in total. The number of fused-ring (bicyclic) bond motifs is 5. The molecule has 1 aromatic rings. The van der Waals surface area contributed by atoms with Gasteiger partial charge in [-0.3, -0.25) is 9.59 Å². The lowest BCUT2D eigenvalue weighted by molar-refractivity contribution is -0.158. The summed E-state index contributed by atoms with van der Waals surface area (Å²) in [5.41, 5.74) is 2.70. The third-order valence-electron chi connectivity index (χ3n) is 13.4. The molecule has 2 amide bonds. The summed E-state index contributed by atoms with van der Waals surface area (Å²) in [4.78, 5) is 31.5. The number of piperidine rings is 1. The summed E-state index contributed by atoms with van der Waals surface area (Å²) in [5.74, 6) is 2.76. The zero-order valence-corrected chi connectivity index (χ0v) is 29.0. The van der Waals surface area contributed by atoms with E-state index in [1.165, 1.54) is 89.0 Å². The maximum Gasteiger partial charge on any atom is 0.254 e. The van der Waals surface area contributed by atoms with Gasteiger partial charge in [-0.05, 0) is 110 Å². The van der Waals surface area contributed by atoms with Crippen LogP contribution in [0, 0.1) is 28.6 Å². The first kappa shape index (κ1) is 33.5. The monoisotopic (exact) mass is 604 g/mol. The van der Waals surface area contributed by atoms with Gasteiger partial charge in [-0.2, -0.15) is 0 Å². The smallest absolute Gasteiger partial charge is 0.254 e. The summed E-state index contributed by atoms with van der Waals surface area (Å²) in [6, 6.07) is 9.45. The molecule has 0 N–H and O–H groups in total. The summed E-state index contributed by atoms with van der Waals surface area (Å²) < 4.78 is 0. The highest BCUT2D eigenvalue weighted by Gasteiger charge is 2.62. The Morgan fingerprint density at radius 3 is 2.16 bits per heavy atom. The average Bonchev–Trinajstić information content (AvgIpc) is 3.38. The van der Waals surface area contributed by atoms with Gasteiger partial charge in [0, 0.05) is 37.7 Å². The number of amides is 2. The van der Waals surface area contributed by atoms with Crippen molar-refractivity contribution in [3.05, 3.63) is 35.4 Å². The predicted molar refractivity (Wildman–Crippen MR) is 183 cm³/mol. The quantitative estimate of drug-likeness (QED) is 0.198. The highest BCUT2D eigenvalue weighted by Crippen LogP contribution is 2.65. The first-order chi connectivity index (χ1) is 21.2. The van der Waals surface area contributed by atoms with E-state index >= 15 is 0 Å². The van der Waals surface area contributed by atoms with Gasteiger partial charge in [0.15, 0.2) is 0 Å². The van der Waals surface area contributed by atoms with Crippen LogP contribution in [0.1, 0.15) is 159 Å². The van der Waals surface area contributed by atoms with Crippen molar-refractivity contribution < 1.29 is 9.59 Å². The number of hydrogen-bond donors (Lipinski definition) is 0. The van der Waals surface area contributed by atoms with Crippen molar-refractivity contribution in [2.75, 3.05) is 13.6 Å². The molecule has 1 saturated heterocycles. The molecule has 1 heterocycles. The first-order valence-corrected chi connectivity index (χ1v) is 18.9. The van der Waals surface area contributed by atoms with E-state index in [1.807, 2.05) is 0 Å². The Morgan fingerprint density at radius 1 is 0.795 bits per heavy atom. The van der Waals surface area contributed by atoms with Crippen molar-refractivity contribution in [2.45, 2.75) is 162 Å². The summed E-state index contributed by atoms with van der Waals surface area (Å²) >= 11 is 0. The molecule has 0 spiro atoms. The third kappa shape index (κ3) is 6.66. The van der Waals surface area contributed by atoms with Gasteiger partial charge < -0.3 is 9.80 Å². The summed E-state index contributed by atoms with van der Waals surface area (Å²) in [6.45, 7) is 10.5. The lowest BCUT2D eigenvalue weighted by Crippen LogP contribution is -2.62. The highest BCUT2D eigenvalue weighted by atomic mass is 16.2. The van der Waals surface area contributed by atoms with Crippen molar-refractivity contribution in [2.24, 2.45) is 28.6 Å². The van der Waals surface area contributed by atoms with Gasteiger partial charge >= 0.3 is 0 Å². The van der Waals surface area contributed by atoms with Crippen LogP contribution in [0.25, 0.3) is 0 Å². The van der Waals surface area contributed by atoms with Gasteiger partial charge in [0.1, 0.15) is 0 Å². The number of carbonyl (C=O) groups is 2. The largest absolute Gasteiger partial charge is 0.342 e. The fourth-order valence-electron chi connectivity index (χ4n) is 10.8. The van der Waals surface area contributed by atoms with E-state index in [4.69, 9.17) is 0 Å². The van der Waals surface area contributed by atoms with Crippen LogP contribution in [-0.4, -0.2) is 47.3 Å². The molecule has 5 rings (SSSR count). The topological polar surface area (TPSA) is 40.6 Å². The Balaban J connectivity index is 1.31. The van der Waals surface area contributed by atoms with Crippen molar-refractivity contribution in [1.82, 2.24) is 9.80 Å². The molecule has 44 heavy (non-hydrogen) atoms. The lowest BCUT2D eigenvalue weighted by Gasteiger charge is -2.62. The number of unbranched alkanes of at least 4 members (excludes halogenated alkanes) is 8. The van der Waals surface area contributed by atoms with Gasteiger partial charge in [-0.15, -0.1) is 0 Å². The highest BCUT2D eigenvalue weighted by molar-refractivity contribution is 5.94. The van der Waals surface area contributed by atoms with Crippen molar-refractivity contribution in [3.8, 4) is 0 Å². The second-order valence-corrected chi connectivity index (χ2v) is 15.9. The van der Waals surface area contributed by atoms with Crippen LogP contribution in [-0.2, 0) is 11.2 Å². The predicted octanol–water partition coefficient (Wildman–Crippen LogP) is 9.84. The van der Waals surface area contributed by atoms with E-state index in [1.54, 1.807) is 0 Å². The SMILES string of the molecule is CCCCCCCc1ccc(C(=O)N(CCCCCCC)[C@H]2CC[C@H]3[C@@H]4CC[C@H]5N(C)C(=O)CC[C@]5(C)[C@H]4CC[C@]23C)cc1. The van der Waals surface area contributed by atoms with Gasteiger partial charge in [-0.25, -0.2) is 0 Å². The van der Waals surface area contributed by atoms with Crippen LogP contribution in [0.5, 0.6) is 0 Å². The molecule has 246 valence electrons. The summed E-state index contributed by atoms with van der Waals surface area (Å²) in [5, 5.41) is 0. The number of aryl methyl sites for hydroxylation is 1. The minimum absolute atomic E-state index is 0.193. The van der Waals surface area contributed by atoms with Crippen LogP contribution < -0.4 is 0 Å². The minimum Gasteiger partial charge on any atom is -0.342 e. The van der Waals surface area contributed by atoms with E-state index in [9.17, 15) is 9.59 Å². The van der Waals surface area contributed by atoms with Crippen LogP contribution >= 0.6 is 0 Å². The second kappa shape index (κ2) is 14.7. The molecular weight excluding hydrogens is 540 g/mol. The number of nitrogens with zero attached hydrogens (tertiary/aromatic N) is 2. The molecule has 0 unspecified atom stereocenters. The number of benzene rings is 1. The Labute approximate surface area is 270 Å². The minimum atomic E-state index is 0.193. The number of rotatable bonds is 14. The molecule has 3 aliphatic carbocycles. The van der Waals surface area contributed by atoms with E-state index in [0.717, 1.165) is 56.6 Å². The average molecular weight is 605 g/mol. The number of carbonyl (C=O) groups excluding carboxylic acids is 2. The lowest BCUT2D eigenvalue weighted by atomic mass is 9.47. The van der Waals surface area contributed by atoms with Crippen LogP contribution in [0.3, 0.4) is 0 Å². The molecule has 0 bridgehead atoms. The molecule has 1 aromatic carbocycles. The van der Waals surface area contributed by atoms with Gasteiger partial charge in [0.25, 0.3) is 5.91 Å². The fourth-order valence-corrected chi connectivity index (χ4v) is 10.8. The molecule has 7 atom stereocenters. The second-order valence-electron chi connectivity index (χ2n) is 15.9. The zero-order valence-electron chi connectivity index (χ0n) is 29.0. The zero-order chi connectivity index (χ0) is 31.3. The van der Waals surface area contributed by atoms with E-state index < -0.39 is 0 Å². The Morgan fingerprint density at radius 2 is 1.45 bits per heavy atom. The molecule has 3 saturated carbocycles. The van der Waals surface area contributed by atoms with Crippen molar-refractivity contribution in [1.29, 1.82) is 0 Å². The van der Waals surface area contributed by atoms with E-state index in [-0.39, 0.29) is 16.7 Å². The van der Waals surface area contributed by atoms with E-state index in [0.29, 0.717) is 29.8 Å². The summed E-state index contributed by atoms with van der Waals surface area (Å²) in [6.07, 6.45) is 22.9. The van der Waals surface area contributed by atoms with Gasteiger partial charge in [0.05, 0.1) is 0 Å². The van der Waals surface area contributed by atoms with Crippen LogP contribution in [0.4, 0.5) is 0 Å². The first-order valence-electron chi connectivity index (χ1n) is 18.9. The molecular formula is C40H64N2O2. The maximum absolute atomic E-state index is 14.4. The normalized spacial score (nSPS) is 33.1. The van der Waals surface area contributed by atoms with Crippen molar-refractivity contribution in [3.63, 3.8) is 0 Å². The Kier molecular flexibility index (Phi) is 11.2. The Hall–Kier alpha value is -1.84. The molecule has 0 radical (unpaired) electrons.